The van der Waals surface area contributed by atoms with Gasteiger partial charge in [-0.25, -0.2) is 13.1 Å². The van der Waals surface area contributed by atoms with E-state index in [0.717, 1.165) is 25.4 Å². The highest BCUT2D eigenvalue weighted by Crippen LogP contribution is 2.37. The molecule has 4 aliphatic rings. The molecule has 0 radical (unpaired) electrons. The minimum absolute atomic E-state index is 0.279. The summed E-state index contributed by atoms with van der Waals surface area (Å²) in [4.78, 5) is 5.49. The highest BCUT2D eigenvalue weighted by atomic mass is 35.5. The Hall–Kier alpha value is -1.44. The van der Waals surface area contributed by atoms with Gasteiger partial charge in [0.25, 0.3) is 0 Å². The topological polar surface area (TPSA) is 52.7 Å². The minimum atomic E-state index is -3.50. The summed E-state index contributed by atoms with van der Waals surface area (Å²) in [6.07, 6.45) is 6.15. The molecule has 4 fully saturated rings. The number of fused-ring (bicyclic) bond motifs is 3. The van der Waals surface area contributed by atoms with Gasteiger partial charge in [0.15, 0.2) is 0 Å². The number of nitrogens with zero attached hydrogens (tertiary/aromatic N) is 2. The number of rotatable bonds is 8. The molecule has 34 heavy (non-hydrogen) atoms. The van der Waals surface area contributed by atoms with Crippen LogP contribution < -0.4 is 4.72 Å². The molecule has 1 unspecified atom stereocenters. The second-order valence-corrected chi connectivity index (χ2v) is 12.6. The van der Waals surface area contributed by atoms with E-state index >= 15 is 0 Å². The molecule has 184 valence electrons. The van der Waals surface area contributed by atoms with Crippen molar-refractivity contribution in [1.82, 2.24) is 14.5 Å². The highest BCUT2D eigenvalue weighted by Gasteiger charge is 2.41. The summed E-state index contributed by atoms with van der Waals surface area (Å²) in [5.74, 6) is 2.23. The zero-order valence-corrected chi connectivity index (χ0v) is 21.4. The minimum Gasteiger partial charge on any atom is -0.303 e. The molecule has 6 rings (SSSR count). The van der Waals surface area contributed by atoms with Gasteiger partial charge in [-0.3, -0.25) is 4.90 Å². The smallest absolute Gasteiger partial charge is 0.240 e. The first-order chi connectivity index (χ1) is 16.5. The largest absolute Gasteiger partial charge is 0.303 e. The van der Waals surface area contributed by atoms with Crippen molar-refractivity contribution in [2.24, 2.45) is 17.8 Å². The van der Waals surface area contributed by atoms with Gasteiger partial charge in [0, 0.05) is 30.7 Å². The van der Waals surface area contributed by atoms with E-state index < -0.39 is 10.0 Å². The van der Waals surface area contributed by atoms with E-state index in [4.69, 9.17) is 11.6 Å². The molecular weight excluding hydrogens is 466 g/mol. The van der Waals surface area contributed by atoms with Crippen LogP contribution in [0.2, 0.25) is 5.02 Å². The van der Waals surface area contributed by atoms with Crippen LogP contribution in [0.3, 0.4) is 0 Å². The van der Waals surface area contributed by atoms with Crippen molar-refractivity contribution < 1.29 is 8.42 Å². The van der Waals surface area contributed by atoms with Gasteiger partial charge in [0.2, 0.25) is 10.0 Å². The first-order valence-corrected chi connectivity index (χ1v) is 14.6. The lowest BCUT2D eigenvalue weighted by Crippen LogP contribution is -2.58. The third-order valence-corrected chi connectivity index (χ3v) is 9.91. The summed E-state index contributed by atoms with van der Waals surface area (Å²) in [7, 11) is -3.50. The van der Waals surface area contributed by atoms with Crippen LogP contribution in [0.15, 0.2) is 59.5 Å². The maximum atomic E-state index is 12.7. The average molecular weight is 502 g/mol. The number of halogens is 1. The molecule has 2 bridgehead atoms. The Morgan fingerprint density at radius 2 is 1.68 bits per heavy atom. The molecule has 7 heteroatoms. The van der Waals surface area contributed by atoms with Crippen LogP contribution in [-0.2, 0) is 16.4 Å². The van der Waals surface area contributed by atoms with Gasteiger partial charge >= 0.3 is 0 Å². The summed E-state index contributed by atoms with van der Waals surface area (Å²) in [5, 5.41) is 0.543. The van der Waals surface area contributed by atoms with Crippen LogP contribution in [0.5, 0.6) is 0 Å². The van der Waals surface area contributed by atoms with E-state index in [2.05, 4.69) is 44.9 Å². The molecule has 5 nitrogen and oxygen atoms in total. The lowest BCUT2D eigenvalue weighted by molar-refractivity contribution is -0.0139. The summed E-state index contributed by atoms with van der Waals surface area (Å²) in [6, 6.07) is 17.6. The predicted octanol–water partition coefficient (Wildman–Crippen LogP) is 4.28. The maximum Gasteiger partial charge on any atom is 0.240 e. The van der Waals surface area contributed by atoms with Crippen molar-refractivity contribution >= 4 is 21.6 Å². The Morgan fingerprint density at radius 3 is 2.35 bits per heavy atom. The molecule has 4 aliphatic heterocycles. The SMILES string of the molecule is O=S(=O)(NC[C@H]1C[C@@H]2CCN1C[C@H]2CN1CCC(Cc2ccccc2)CC1)c1ccc(Cl)cc1. The van der Waals surface area contributed by atoms with Crippen molar-refractivity contribution in [2.75, 3.05) is 39.3 Å². The highest BCUT2D eigenvalue weighted by molar-refractivity contribution is 7.89. The quantitative estimate of drug-likeness (QED) is 0.586. The third-order valence-electron chi connectivity index (χ3n) is 8.21. The molecule has 2 aromatic rings. The molecule has 0 amide bonds. The molecule has 4 heterocycles. The summed E-state index contributed by atoms with van der Waals surface area (Å²) >= 11 is 5.90. The van der Waals surface area contributed by atoms with Crippen LogP contribution in [0.4, 0.5) is 0 Å². The number of piperidine rings is 4. The van der Waals surface area contributed by atoms with Crippen molar-refractivity contribution in [3.63, 3.8) is 0 Å². The second kappa shape index (κ2) is 10.7. The number of sulfonamides is 1. The Morgan fingerprint density at radius 1 is 0.941 bits per heavy atom. The van der Waals surface area contributed by atoms with E-state index in [0.29, 0.717) is 29.4 Å². The molecular formula is C27H36ClN3O2S. The molecule has 0 saturated carbocycles. The van der Waals surface area contributed by atoms with Gasteiger partial charge in [-0.2, -0.15) is 0 Å². The normalized spacial score (nSPS) is 28.3. The summed E-state index contributed by atoms with van der Waals surface area (Å²) < 4.78 is 28.2. The fourth-order valence-corrected chi connectivity index (χ4v) is 7.42. The number of likely N-dealkylation sites (tertiary alicyclic amines) is 1. The first-order valence-electron chi connectivity index (χ1n) is 12.7. The average Bonchev–Trinajstić information content (AvgIpc) is 2.86. The fourth-order valence-electron chi connectivity index (χ4n) is 6.22. The summed E-state index contributed by atoms with van der Waals surface area (Å²) in [6.45, 7) is 6.30. The second-order valence-electron chi connectivity index (χ2n) is 10.4. The molecule has 4 saturated heterocycles. The number of hydrogen-bond acceptors (Lipinski definition) is 4. The van der Waals surface area contributed by atoms with E-state index in [1.165, 1.54) is 50.9 Å². The van der Waals surface area contributed by atoms with E-state index in [-0.39, 0.29) is 4.90 Å². The van der Waals surface area contributed by atoms with Gasteiger partial charge in [0.05, 0.1) is 4.90 Å². The molecule has 4 atom stereocenters. The fraction of sp³-hybridized carbons (Fsp3) is 0.556. The van der Waals surface area contributed by atoms with E-state index in [1.54, 1.807) is 24.3 Å². The van der Waals surface area contributed by atoms with Gasteiger partial charge < -0.3 is 4.90 Å². The Kier molecular flexibility index (Phi) is 7.61. The van der Waals surface area contributed by atoms with Crippen LogP contribution in [-0.4, -0.2) is 63.5 Å². The predicted molar refractivity (Wildman–Crippen MR) is 138 cm³/mol. The molecule has 2 aromatic carbocycles. The van der Waals surface area contributed by atoms with Crippen LogP contribution >= 0.6 is 11.6 Å². The van der Waals surface area contributed by atoms with Crippen LogP contribution in [0.1, 0.15) is 31.2 Å². The van der Waals surface area contributed by atoms with Crippen LogP contribution in [0.25, 0.3) is 0 Å². The third kappa shape index (κ3) is 5.85. The molecule has 0 spiro atoms. The lowest BCUT2D eigenvalue weighted by atomic mass is 9.75. The Balaban J connectivity index is 1.08. The molecule has 0 aromatic heterocycles. The number of hydrogen-bond donors (Lipinski definition) is 1. The first kappa shape index (κ1) is 24.3. The van der Waals surface area contributed by atoms with Gasteiger partial charge in [-0.15, -0.1) is 0 Å². The van der Waals surface area contributed by atoms with Crippen molar-refractivity contribution in [1.29, 1.82) is 0 Å². The Bertz CT molecular complexity index is 1040. The van der Waals surface area contributed by atoms with E-state index in [1.807, 2.05) is 0 Å². The van der Waals surface area contributed by atoms with Gasteiger partial charge in [-0.05, 0) is 99.3 Å². The lowest BCUT2D eigenvalue weighted by Gasteiger charge is -2.51. The van der Waals surface area contributed by atoms with Crippen LogP contribution in [0, 0.1) is 17.8 Å². The van der Waals surface area contributed by atoms with Gasteiger partial charge in [0.1, 0.15) is 0 Å². The maximum absolute atomic E-state index is 12.7. The number of benzene rings is 2. The van der Waals surface area contributed by atoms with Crippen molar-refractivity contribution in [2.45, 2.75) is 43.0 Å². The molecule has 1 N–H and O–H groups in total. The Labute approximate surface area is 209 Å². The standard InChI is InChI=1S/C27H36ClN3O2S/c28-25-6-8-27(9-7-25)34(32,33)29-18-26-17-23-12-15-31(26)20-24(23)19-30-13-10-22(11-14-30)16-21-4-2-1-3-5-21/h1-9,22-24,26,29H,10-20H2/t23-,24+,26+/m0/s1. The number of nitrogens with one attached hydrogen (secondary N) is 1. The van der Waals surface area contributed by atoms with Crippen molar-refractivity contribution in [3.05, 3.63) is 65.2 Å². The monoisotopic (exact) mass is 501 g/mol. The van der Waals surface area contributed by atoms with Crippen molar-refractivity contribution in [3.8, 4) is 0 Å². The zero-order valence-electron chi connectivity index (χ0n) is 19.8. The van der Waals surface area contributed by atoms with Gasteiger partial charge in [-0.1, -0.05) is 41.9 Å². The summed E-state index contributed by atoms with van der Waals surface area (Å²) in [5.41, 5.74) is 1.47. The zero-order chi connectivity index (χ0) is 23.5. The van der Waals surface area contributed by atoms with E-state index in [9.17, 15) is 8.42 Å². The molecule has 0 aliphatic carbocycles.